The van der Waals surface area contributed by atoms with Gasteiger partial charge in [-0.05, 0) is 38.3 Å². The lowest BCUT2D eigenvalue weighted by atomic mass is 10.0. The van der Waals surface area contributed by atoms with Crippen LogP contribution >= 0.6 is 23.4 Å². The molecule has 1 N–H and O–H groups in total. The van der Waals surface area contributed by atoms with Crippen LogP contribution in [0.4, 0.5) is 4.79 Å². The van der Waals surface area contributed by atoms with E-state index in [9.17, 15) is 14.4 Å². The molecule has 2 heterocycles. The molecule has 9 heteroatoms. The van der Waals surface area contributed by atoms with Crippen molar-refractivity contribution in [1.29, 1.82) is 0 Å². The molecule has 2 aromatic carbocycles. The number of hydrogen-bond acceptors (Lipinski definition) is 6. The van der Waals surface area contributed by atoms with Crippen LogP contribution in [0, 0.1) is 0 Å². The first kappa shape index (κ1) is 28.8. The van der Waals surface area contributed by atoms with Gasteiger partial charge in [-0.1, -0.05) is 91.7 Å². The Balaban J connectivity index is 1.66. The molecule has 1 saturated heterocycles. The molecule has 0 saturated carbocycles. The molecule has 0 aliphatic carbocycles. The van der Waals surface area contributed by atoms with Gasteiger partial charge in [0.2, 0.25) is 0 Å². The van der Waals surface area contributed by atoms with Gasteiger partial charge in [0.15, 0.2) is 6.10 Å². The number of carbonyl (C=O) groups is 3. The molecule has 2 aliphatic rings. The quantitative estimate of drug-likeness (QED) is 0.297. The standard InChI is InChI=1S/C30H33ClN2O5S/c1-5-6-17-22(31)21-18-39-27-23(32-29(36)38-30(2,3)4)26(34)33(27)24(21)28(35)37-25(19-13-9-7-10-14-19)20-15-11-8-12-16-20/h7-17,23,25,27H,5-6,18H2,1-4H3,(H,32,36)/b22-17-/t23-,27-/m1/s1. The van der Waals surface area contributed by atoms with Gasteiger partial charge in [-0.15, -0.1) is 11.8 Å². The average molecular weight is 569 g/mol. The van der Waals surface area contributed by atoms with Crippen molar-refractivity contribution in [2.24, 2.45) is 0 Å². The lowest BCUT2D eigenvalue weighted by Gasteiger charge is -2.49. The number of thioether (sulfide) groups is 1. The van der Waals surface area contributed by atoms with Crippen molar-refractivity contribution < 1.29 is 23.9 Å². The first-order valence-corrected chi connectivity index (χ1v) is 14.4. The smallest absolute Gasteiger partial charge is 0.408 e. The molecule has 2 aliphatic heterocycles. The molecule has 0 aromatic heterocycles. The summed E-state index contributed by atoms with van der Waals surface area (Å²) in [5.74, 6) is -0.690. The molecule has 2 aromatic rings. The number of halogens is 1. The van der Waals surface area contributed by atoms with Crippen LogP contribution in [-0.2, 0) is 19.1 Å². The lowest BCUT2D eigenvalue weighted by molar-refractivity contribution is -0.153. The van der Waals surface area contributed by atoms with E-state index in [1.54, 1.807) is 20.8 Å². The van der Waals surface area contributed by atoms with Crippen molar-refractivity contribution in [2.75, 3.05) is 5.75 Å². The third kappa shape index (κ3) is 6.68. The van der Waals surface area contributed by atoms with Crippen LogP contribution in [0.25, 0.3) is 0 Å². The Morgan fingerprint density at radius 2 is 1.69 bits per heavy atom. The zero-order chi connectivity index (χ0) is 28.2. The molecule has 2 atom stereocenters. The Hall–Kier alpha value is -3.23. The highest BCUT2D eigenvalue weighted by molar-refractivity contribution is 8.00. The van der Waals surface area contributed by atoms with Crippen molar-refractivity contribution in [3.8, 4) is 0 Å². The summed E-state index contributed by atoms with van der Waals surface area (Å²) < 4.78 is 11.5. The first-order valence-electron chi connectivity index (χ1n) is 12.9. The number of nitrogens with zero attached hydrogens (tertiary/aromatic N) is 1. The molecule has 0 radical (unpaired) electrons. The van der Waals surface area contributed by atoms with Gasteiger partial charge >= 0.3 is 12.1 Å². The van der Waals surface area contributed by atoms with E-state index in [1.807, 2.05) is 73.7 Å². The van der Waals surface area contributed by atoms with Crippen molar-refractivity contribution in [2.45, 2.75) is 63.7 Å². The molecule has 0 bridgehead atoms. The first-order chi connectivity index (χ1) is 18.6. The Morgan fingerprint density at radius 1 is 1.10 bits per heavy atom. The highest BCUT2D eigenvalue weighted by atomic mass is 35.5. The van der Waals surface area contributed by atoms with E-state index in [1.165, 1.54) is 16.7 Å². The SMILES string of the molecule is CCC/C=C(\Cl)C1=C(C(=O)OC(c2ccccc2)c2ccccc2)N2C(=O)[C@@H](NC(=O)OC(C)(C)C)[C@H]2SC1. The molecule has 39 heavy (non-hydrogen) atoms. The van der Waals surface area contributed by atoms with E-state index in [0.29, 0.717) is 16.4 Å². The fraction of sp³-hybridized carbons (Fsp3) is 0.367. The van der Waals surface area contributed by atoms with Crippen LogP contribution in [0.1, 0.15) is 57.8 Å². The zero-order valence-corrected chi connectivity index (χ0v) is 24.1. The van der Waals surface area contributed by atoms with E-state index in [0.717, 1.165) is 24.0 Å². The van der Waals surface area contributed by atoms with E-state index in [-0.39, 0.29) is 5.70 Å². The van der Waals surface area contributed by atoms with Gasteiger partial charge in [-0.25, -0.2) is 9.59 Å². The fourth-order valence-corrected chi connectivity index (χ4v) is 6.08. The van der Waals surface area contributed by atoms with Gasteiger partial charge < -0.3 is 14.8 Å². The highest BCUT2D eigenvalue weighted by Crippen LogP contribution is 2.44. The summed E-state index contributed by atoms with van der Waals surface area (Å²) >= 11 is 8.11. The lowest BCUT2D eigenvalue weighted by Crippen LogP contribution is -2.70. The molecule has 2 amide bonds. The van der Waals surface area contributed by atoms with E-state index >= 15 is 0 Å². The second-order valence-corrected chi connectivity index (χ2v) is 11.8. The number of nitrogens with one attached hydrogen (secondary N) is 1. The van der Waals surface area contributed by atoms with E-state index in [2.05, 4.69) is 5.32 Å². The topological polar surface area (TPSA) is 84.9 Å². The van der Waals surface area contributed by atoms with Gasteiger partial charge in [0.25, 0.3) is 5.91 Å². The molecular formula is C30H33ClN2O5S. The number of amides is 2. The largest absolute Gasteiger partial charge is 0.448 e. The number of esters is 1. The van der Waals surface area contributed by atoms with E-state index < -0.39 is 41.1 Å². The van der Waals surface area contributed by atoms with E-state index in [4.69, 9.17) is 21.1 Å². The summed E-state index contributed by atoms with van der Waals surface area (Å²) in [6, 6.07) is 18.1. The second kappa shape index (κ2) is 12.3. The number of hydrogen-bond donors (Lipinski definition) is 1. The highest BCUT2D eigenvalue weighted by Gasteiger charge is 2.55. The number of unbranched alkanes of at least 4 members (excludes halogenated alkanes) is 1. The van der Waals surface area contributed by atoms with Crippen molar-refractivity contribution in [1.82, 2.24) is 10.2 Å². The number of rotatable bonds is 8. The van der Waals surface area contributed by atoms with Gasteiger partial charge in [0.05, 0.1) is 0 Å². The summed E-state index contributed by atoms with van der Waals surface area (Å²) in [7, 11) is 0. The number of allylic oxidation sites excluding steroid dienone is 2. The minimum atomic E-state index is -0.827. The number of ether oxygens (including phenoxy) is 2. The van der Waals surface area contributed by atoms with Gasteiger partial charge in [-0.3, -0.25) is 9.69 Å². The van der Waals surface area contributed by atoms with Crippen LogP contribution in [0.15, 0.2) is 83.0 Å². The predicted octanol–water partition coefficient (Wildman–Crippen LogP) is 6.30. The summed E-state index contributed by atoms with van der Waals surface area (Å²) in [4.78, 5) is 41.1. The summed E-state index contributed by atoms with van der Waals surface area (Å²) in [5, 5.41) is 2.59. The Bertz CT molecular complexity index is 1230. The molecule has 206 valence electrons. The minimum absolute atomic E-state index is 0.111. The van der Waals surface area contributed by atoms with Crippen molar-refractivity contribution in [3.05, 3.63) is 94.2 Å². The molecule has 7 nitrogen and oxygen atoms in total. The van der Waals surface area contributed by atoms with Crippen LogP contribution in [0.2, 0.25) is 0 Å². The van der Waals surface area contributed by atoms with Crippen LogP contribution < -0.4 is 5.32 Å². The molecular weight excluding hydrogens is 536 g/mol. The summed E-state index contributed by atoms with van der Waals surface area (Å²) in [6.07, 6.45) is 2.10. The fourth-order valence-electron chi connectivity index (χ4n) is 4.37. The molecule has 1 fully saturated rings. The number of β-lactam (4-membered cyclic amide) rings is 1. The number of alkyl carbamates (subject to hydrolysis) is 1. The Labute approximate surface area is 238 Å². The maximum absolute atomic E-state index is 13.9. The Kier molecular flexibility index (Phi) is 9.08. The maximum Gasteiger partial charge on any atom is 0.408 e. The van der Waals surface area contributed by atoms with Crippen LogP contribution in [-0.4, -0.2) is 45.6 Å². The van der Waals surface area contributed by atoms with Gasteiger partial charge in [0, 0.05) is 16.4 Å². The number of fused-ring (bicyclic) bond motifs is 1. The minimum Gasteiger partial charge on any atom is -0.448 e. The Morgan fingerprint density at radius 3 is 2.23 bits per heavy atom. The third-order valence-corrected chi connectivity index (χ3v) is 7.83. The number of carbonyl (C=O) groups excluding carboxylic acids is 3. The van der Waals surface area contributed by atoms with Gasteiger partial charge in [-0.2, -0.15) is 0 Å². The van der Waals surface area contributed by atoms with Gasteiger partial charge in [0.1, 0.15) is 22.7 Å². The molecule has 0 unspecified atom stereocenters. The second-order valence-electron chi connectivity index (χ2n) is 10.3. The average Bonchev–Trinajstić information content (AvgIpc) is 2.92. The van der Waals surface area contributed by atoms with Crippen molar-refractivity contribution in [3.63, 3.8) is 0 Å². The molecule has 4 rings (SSSR count). The third-order valence-electron chi connectivity index (χ3n) is 6.16. The van der Waals surface area contributed by atoms with Crippen molar-refractivity contribution >= 4 is 41.3 Å². The number of benzene rings is 2. The predicted molar refractivity (Wildman–Crippen MR) is 153 cm³/mol. The monoisotopic (exact) mass is 568 g/mol. The molecule has 0 spiro atoms. The van der Waals surface area contributed by atoms with Crippen LogP contribution in [0.3, 0.4) is 0 Å². The van der Waals surface area contributed by atoms with Crippen LogP contribution in [0.5, 0.6) is 0 Å². The normalized spacial score (nSPS) is 19.4. The maximum atomic E-state index is 13.9. The summed E-state index contributed by atoms with van der Waals surface area (Å²) in [5.41, 5.74) is 1.54. The zero-order valence-electron chi connectivity index (χ0n) is 22.5. The summed E-state index contributed by atoms with van der Waals surface area (Å²) in [6.45, 7) is 7.29.